The number of aromatic nitrogens is 2. The summed E-state index contributed by atoms with van der Waals surface area (Å²) in [5.41, 5.74) is 0. The summed E-state index contributed by atoms with van der Waals surface area (Å²) >= 11 is 3.30. The highest BCUT2D eigenvalue weighted by atomic mass is 32.2. The highest BCUT2D eigenvalue weighted by Crippen LogP contribution is 2.09. The van der Waals surface area contributed by atoms with E-state index in [0.717, 1.165) is 17.5 Å². The monoisotopic (exact) mass is 203 g/mol. The molecule has 0 fully saturated rings. The molecule has 12 heavy (non-hydrogen) atoms. The first-order valence-electron chi connectivity index (χ1n) is 3.86. The topological polar surface area (TPSA) is 37.8 Å². The Kier molecular flexibility index (Phi) is 4.39. The van der Waals surface area contributed by atoms with E-state index in [0.29, 0.717) is 0 Å². The van der Waals surface area contributed by atoms with Crippen LogP contribution in [0.3, 0.4) is 0 Å². The molecule has 0 aromatic carbocycles. The molecule has 3 nitrogen and oxygen atoms in total. The predicted molar refractivity (Wildman–Crippen MR) is 56.1 cm³/mol. The van der Waals surface area contributed by atoms with Gasteiger partial charge in [0.2, 0.25) is 5.13 Å². The van der Waals surface area contributed by atoms with Gasteiger partial charge in [-0.2, -0.15) is 16.1 Å². The molecule has 0 saturated carbocycles. The van der Waals surface area contributed by atoms with Crippen LogP contribution in [0.5, 0.6) is 0 Å². The van der Waals surface area contributed by atoms with Crippen LogP contribution in [0, 0.1) is 6.92 Å². The van der Waals surface area contributed by atoms with Gasteiger partial charge >= 0.3 is 0 Å². The number of anilines is 1. The molecule has 1 aromatic rings. The molecule has 1 aromatic heterocycles. The summed E-state index contributed by atoms with van der Waals surface area (Å²) in [6.45, 7) is 2.90. The molecule has 0 unspecified atom stereocenters. The van der Waals surface area contributed by atoms with Crippen LogP contribution in [0.1, 0.15) is 12.2 Å². The van der Waals surface area contributed by atoms with E-state index >= 15 is 0 Å². The first-order valence-corrected chi connectivity index (χ1v) is 6.03. The zero-order valence-corrected chi connectivity index (χ0v) is 8.97. The average Bonchev–Trinajstić information content (AvgIpc) is 2.45. The van der Waals surface area contributed by atoms with Gasteiger partial charge in [0, 0.05) is 18.1 Å². The van der Waals surface area contributed by atoms with Crippen LogP contribution in [-0.2, 0) is 0 Å². The first-order chi connectivity index (χ1) is 5.83. The van der Waals surface area contributed by atoms with Crippen LogP contribution in [0.2, 0.25) is 0 Å². The van der Waals surface area contributed by atoms with Crippen LogP contribution >= 0.6 is 23.3 Å². The molecular formula is C7H13N3S2. The molecule has 0 atom stereocenters. The third-order valence-electron chi connectivity index (χ3n) is 1.33. The number of hydrogen-bond acceptors (Lipinski definition) is 5. The summed E-state index contributed by atoms with van der Waals surface area (Å²) in [5, 5.41) is 4.17. The second-order valence-electron chi connectivity index (χ2n) is 2.42. The van der Waals surface area contributed by atoms with E-state index in [1.807, 2.05) is 18.7 Å². The Morgan fingerprint density at radius 3 is 3.00 bits per heavy atom. The Morgan fingerprint density at radius 2 is 2.42 bits per heavy atom. The standard InChI is InChI=1S/C7H13N3S2/c1-6-9-7(12-10-6)8-4-3-5-11-2/h3-5H2,1-2H3,(H,8,9,10). The predicted octanol–water partition coefficient (Wildman–Crippen LogP) is 2.01. The molecule has 0 aliphatic rings. The largest absolute Gasteiger partial charge is 0.360 e. The molecule has 5 heteroatoms. The van der Waals surface area contributed by atoms with Gasteiger partial charge in [-0.3, -0.25) is 0 Å². The van der Waals surface area contributed by atoms with Crippen molar-refractivity contribution in [3.8, 4) is 0 Å². The second kappa shape index (κ2) is 5.37. The zero-order chi connectivity index (χ0) is 8.81. The van der Waals surface area contributed by atoms with Crippen LogP contribution in [0.15, 0.2) is 0 Å². The number of thioether (sulfide) groups is 1. The van der Waals surface area contributed by atoms with E-state index in [4.69, 9.17) is 0 Å². The molecule has 0 saturated heterocycles. The van der Waals surface area contributed by atoms with E-state index < -0.39 is 0 Å². The summed E-state index contributed by atoms with van der Waals surface area (Å²) in [6, 6.07) is 0. The highest BCUT2D eigenvalue weighted by molar-refractivity contribution is 7.98. The van der Waals surface area contributed by atoms with Crippen LogP contribution in [0.4, 0.5) is 5.13 Å². The van der Waals surface area contributed by atoms with E-state index in [1.165, 1.54) is 23.7 Å². The summed E-state index contributed by atoms with van der Waals surface area (Å²) in [5.74, 6) is 2.05. The molecule has 1 rings (SSSR count). The van der Waals surface area contributed by atoms with E-state index in [9.17, 15) is 0 Å². The molecule has 0 radical (unpaired) electrons. The van der Waals surface area contributed by atoms with Crippen molar-refractivity contribution in [3.05, 3.63) is 5.82 Å². The fourth-order valence-corrected chi connectivity index (χ4v) is 1.81. The van der Waals surface area contributed by atoms with Crippen molar-refractivity contribution in [2.45, 2.75) is 13.3 Å². The van der Waals surface area contributed by atoms with Gasteiger partial charge in [-0.25, -0.2) is 4.98 Å². The van der Waals surface area contributed by atoms with Crippen molar-refractivity contribution in [2.75, 3.05) is 23.9 Å². The van der Waals surface area contributed by atoms with Crippen molar-refractivity contribution in [3.63, 3.8) is 0 Å². The molecular weight excluding hydrogens is 190 g/mol. The van der Waals surface area contributed by atoms with Gasteiger partial charge in [-0.05, 0) is 25.4 Å². The minimum absolute atomic E-state index is 0.854. The van der Waals surface area contributed by atoms with Gasteiger partial charge in [-0.15, -0.1) is 0 Å². The molecule has 0 aliphatic carbocycles. The average molecular weight is 203 g/mol. The highest BCUT2D eigenvalue weighted by Gasteiger charge is 1.96. The van der Waals surface area contributed by atoms with Crippen molar-refractivity contribution in [1.82, 2.24) is 9.36 Å². The number of aryl methyl sites for hydroxylation is 1. The summed E-state index contributed by atoms with van der Waals surface area (Å²) in [6.07, 6.45) is 3.30. The fraction of sp³-hybridized carbons (Fsp3) is 0.714. The SMILES string of the molecule is CSCCCNc1nc(C)ns1. The number of nitrogens with zero attached hydrogens (tertiary/aromatic N) is 2. The van der Waals surface area contributed by atoms with Crippen LogP contribution in [-0.4, -0.2) is 27.9 Å². The lowest BCUT2D eigenvalue weighted by Crippen LogP contribution is -2.01. The van der Waals surface area contributed by atoms with E-state index in [1.54, 1.807) is 0 Å². The number of rotatable bonds is 5. The molecule has 0 spiro atoms. The Morgan fingerprint density at radius 1 is 1.58 bits per heavy atom. The smallest absolute Gasteiger partial charge is 0.202 e. The quantitative estimate of drug-likeness (QED) is 0.743. The van der Waals surface area contributed by atoms with Gasteiger partial charge in [0.25, 0.3) is 0 Å². The van der Waals surface area contributed by atoms with Crippen molar-refractivity contribution in [2.24, 2.45) is 0 Å². The summed E-state index contributed by atoms with van der Waals surface area (Å²) < 4.78 is 4.08. The normalized spacial score (nSPS) is 10.2. The minimum atomic E-state index is 0.854. The Bertz CT molecular complexity index is 224. The van der Waals surface area contributed by atoms with Gasteiger partial charge in [0.15, 0.2) is 0 Å². The maximum atomic E-state index is 4.20. The molecule has 0 amide bonds. The Balaban J connectivity index is 2.15. The van der Waals surface area contributed by atoms with Crippen molar-refractivity contribution >= 4 is 28.4 Å². The number of nitrogens with one attached hydrogen (secondary N) is 1. The molecule has 0 bridgehead atoms. The molecule has 68 valence electrons. The van der Waals surface area contributed by atoms with Gasteiger partial charge in [0.1, 0.15) is 5.82 Å². The zero-order valence-electron chi connectivity index (χ0n) is 7.33. The van der Waals surface area contributed by atoms with Crippen molar-refractivity contribution in [1.29, 1.82) is 0 Å². The van der Waals surface area contributed by atoms with Crippen LogP contribution in [0.25, 0.3) is 0 Å². The third kappa shape index (κ3) is 3.40. The van der Waals surface area contributed by atoms with Crippen molar-refractivity contribution < 1.29 is 0 Å². The Labute approximate surface area is 81.1 Å². The van der Waals surface area contributed by atoms with Gasteiger partial charge in [-0.1, -0.05) is 0 Å². The van der Waals surface area contributed by atoms with E-state index in [2.05, 4.69) is 20.9 Å². The van der Waals surface area contributed by atoms with E-state index in [-0.39, 0.29) is 0 Å². The maximum Gasteiger partial charge on any atom is 0.202 e. The minimum Gasteiger partial charge on any atom is -0.360 e. The van der Waals surface area contributed by atoms with Crippen LogP contribution < -0.4 is 5.32 Å². The first kappa shape index (κ1) is 9.80. The summed E-state index contributed by atoms with van der Waals surface area (Å²) in [7, 11) is 0. The maximum absolute atomic E-state index is 4.20. The second-order valence-corrected chi connectivity index (χ2v) is 4.16. The number of hydrogen-bond donors (Lipinski definition) is 1. The lowest BCUT2D eigenvalue weighted by atomic mass is 10.5. The molecule has 1 heterocycles. The van der Waals surface area contributed by atoms with Gasteiger partial charge in [0.05, 0.1) is 0 Å². The summed E-state index contributed by atoms with van der Waals surface area (Å²) in [4.78, 5) is 4.20. The lowest BCUT2D eigenvalue weighted by molar-refractivity contribution is 0.986. The Hall–Kier alpha value is -0.290. The third-order valence-corrected chi connectivity index (χ3v) is 2.79. The fourth-order valence-electron chi connectivity index (χ4n) is 0.781. The molecule has 0 aliphatic heterocycles. The molecule has 1 N–H and O–H groups in total. The lowest BCUT2D eigenvalue weighted by Gasteiger charge is -1.98. The van der Waals surface area contributed by atoms with Gasteiger partial charge < -0.3 is 5.32 Å².